The number of hydrazine groups is 2. The van der Waals surface area contributed by atoms with Gasteiger partial charge in [0.15, 0.2) is 0 Å². The first-order valence-electron chi connectivity index (χ1n) is 12.3. The lowest BCUT2D eigenvalue weighted by molar-refractivity contribution is 0.443. The molecule has 4 heterocycles. The number of halogens is 1. The maximum atomic E-state index is 9.81. The second kappa shape index (κ2) is 10.4. The Morgan fingerprint density at radius 3 is 2.54 bits per heavy atom. The first-order valence-corrected chi connectivity index (χ1v) is 12.7. The average Bonchev–Trinajstić information content (AvgIpc) is 3.43. The van der Waals surface area contributed by atoms with Gasteiger partial charge in [-0.2, -0.15) is 5.26 Å². The van der Waals surface area contributed by atoms with Gasteiger partial charge in [-0.25, -0.2) is 0 Å². The molecule has 9 nitrogen and oxygen atoms in total. The third-order valence-corrected chi connectivity index (χ3v) is 6.51. The van der Waals surface area contributed by atoms with Crippen molar-refractivity contribution in [2.45, 2.75) is 26.2 Å². The lowest BCUT2D eigenvalue weighted by Gasteiger charge is -2.34. The Labute approximate surface area is 233 Å². The predicted molar refractivity (Wildman–Crippen MR) is 156 cm³/mol. The summed E-state index contributed by atoms with van der Waals surface area (Å²) in [7, 11) is 7.11. The Hall–Kier alpha value is -4.33. The quantitative estimate of drug-likeness (QED) is 0.247. The molecule has 0 bridgehead atoms. The van der Waals surface area contributed by atoms with Crippen LogP contribution in [0.4, 0.5) is 17.1 Å². The van der Waals surface area contributed by atoms with E-state index in [2.05, 4.69) is 63.4 Å². The van der Waals surface area contributed by atoms with Crippen molar-refractivity contribution in [3.05, 3.63) is 95.4 Å². The summed E-state index contributed by atoms with van der Waals surface area (Å²) in [5.74, 6) is 0. The SMILES string of the molecule is [B]C(Nc1cc(Cl)c2ncc(C#N)c(NCC(C)(C)C)c2c1)(C1=CN(c2cccnc2)NN1)c1cccnc1. The van der Waals surface area contributed by atoms with Gasteiger partial charge in [0.25, 0.3) is 0 Å². The fourth-order valence-corrected chi connectivity index (χ4v) is 4.50. The van der Waals surface area contributed by atoms with Gasteiger partial charge in [0.2, 0.25) is 0 Å². The second-order valence-corrected chi connectivity index (χ2v) is 10.9. The van der Waals surface area contributed by atoms with Gasteiger partial charge in [0, 0.05) is 48.6 Å². The van der Waals surface area contributed by atoms with E-state index < -0.39 is 5.44 Å². The first-order chi connectivity index (χ1) is 18.7. The van der Waals surface area contributed by atoms with Gasteiger partial charge in [-0.15, -0.1) is 5.53 Å². The van der Waals surface area contributed by atoms with Crippen molar-refractivity contribution in [3.63, 3.8) is 0 Å². The topological polar surface area (TPSA) is 114 Å². The lowest BCUT2D eigenvalue weighted by Crippen LogP contribution is -2.45. The Morgan fingerprint density at radius 1 is 1.10 bits per heavy atom. The van der Waals surface area contributed by atoms with Crippen LogP contribution in [0.5, 0.6) is 0 Å². The number of pyridine rings is 3. The molecule has 4 aromatic rings. The Kier molecular flexibility index (Phi) is 7.04. The van der Waals surface area contributed by atoms with E-state index in [4.69, 9.17) is 19.4 Å². The molecule has 0 saturated heterocycles. The van der Waals surface area contributed by atoms with E-state index in [9.17, 15) is 5.26 Å². The van der Waals surface area contributed by atoms with Gasteiger partial charge in [-0.3, -0.25) is 20.0 Å². The smallest absolute Gasteiger partial charge is 0.119 e. The van der Waals surface area contributed by atoms with Crippen molar-refractivity contribution in [2.24, 2.45) is 5.41 Å². The minimum absolute atomic E-state index is 0.0114. The maximum absolute atomic E-state index is 9.81. The maximum Gasteiger partial charge on any atom is 0.119 e. The van der Waals surface area contributed by atoms with Crippen molar-refractivity contribution < 1.29 is 0 Å². The number of hydrogen-bond acceptors (Lipinski definition) is 9. The van der Waals surface area contributed by atoms with Gasteiger partial charge in [0.05, 0.1) is 44.8 Å². The molecule has 1 aliphatic heterocycles. The van der Waals surface area contributed by atoms with Crippen molar-refractivity contribution in [1.82, 2.24) is 25.9 Å². The number of nitriles is 1. The van der Waals surface area contributed by atoms with Crippen LogP contribution in [0.1, 0.15) is 31.9 Å². The van der Waals surface area contributed by atoms with E-state index in [1.807, 2.05) is 36.5 Å². The minimum atomic E-state index is -1.24. The van der Waals surface area contributed by atoms with Crippen LogP contribution in [0, 0.1) is 16.7 Å². The zero-order valence-corrected chi connectivity index (χ0v) is 22.6. The number of benzene rings is 1. The molecule has 0 fully saturated rings. The summed E-state index contributed by atoms with van der Waals surface area (Å²) in [4.78, 5) is 12.9. The molecule has 0 amide bonds. The van der Waals surface area contributed by atoms with Crippen LogP contribution >= 0.6 is 11.6 Å². The van der Waals surface area contributed by atoms with E-state index in [0.717, 1.165) is 5.69 Å². The second-order valence-electron chi connectivity index (χ2n) is 10.5. The van der Waals surface area contributed by atoms with Crippen molar-refractivity contribution in [2.75, 3.05) is 22.2 Å². The van der Waals surface area contributed by atoms with Gasteiger partial charge in [-0.1, -0.05) is 38.4 Å². The molecule has 0 spiro atoms. The third kappa shape index (κ3) is 5.46. The minimum Gasteiger partial charge on any atom is -0.383 e. The molecule has 11 heteroatoms. The van der Waals surface area contributed by atoms with Crippen molar-refractivity contribution in [1.29, 1.82) is 5.26 Å². The highest BCUT2D eigenvalue weighted by atomic mass is 35.5. The molecule has 39 heavy (non-hydrogen) atoms. The van der Waals surface area contributed by atoms with E-state index in [0.29, 0.717) is 50.7 Å². The number of anilines is 3. The largest absolute Gasteiger partial charge is 0.383 e. The fourth-order valence-electron chi connectivity index (χ4n) is 4.23. The normalized spacial score (nSPS) is 14.7. The van der Waals surface area contributed by atoms with Gasteiger partial charge >= 0.3 is 0 Å². The lowest BCUT2D eigenvalue weighted by atomic mass is 9.70. The Balaban J connectivity index is 1.59. The molecule has 5 rings (SSSR count). The van der Waals surface area contributed by atoms with Crippen molar-refractivity contribution >= 4 is 47.4 Å². The number of aromatic nitrogens is 3. The number of nitrogens with one attached hydrogen (secondary N) is 4. The van der Waals surface area contributed by atoms with Crippen LogP contribution in [0.15, 0.2) is 79.3 Å². The molecule has 1 aliphatic rings. The zero-order valence-electron chi connectivity index (χ0n) is 21.8. The molecule has 1 aromatic carbocycles. The van der Waals surface area contributed by atoms with Crippen LogP contribution in [0.2, 0.25) is 5.02 Å². The highest BCUT2D eigenvalue weighted by Gasteiger charge is 2.35. The average molecular weight is 536 g/mol. The monoisotopic (exact) mass is 535 g/mol. The fraction of sp³-hybridized carbons (Fsp3) is 0.214. The van der Waals surface area contributed by atoms with E-state index in [1.54, 1.807) is 42.1 Å². The Bertz CT molecular complexity index is 1570. The van der Waals surface area contributed by atoms with Crippen molar-refractivity contribution in [3.8, 4) is 6.07 Å². The molecule has 1 unspecified atom stereocenters. The number of hydrogen-bond donors (Lipinski definition) is 4. The van der Waals surface area contributed by atoms with Crippen LogP contribution in [0.3, 0.4) is 0 Å². The summed E-state index contributed by atoms with van der Waals surface area (Å²) in [6, 6.07) is 13.4. The summed E-state index contributed by atoms with van der Waals surface area (Å²) >= 11 is 6.73. The summed E-state index contributed by atoms with van der Waals surface area (Å²) in [5, 5.41) is 19.6. The highest BCUT2D eigenvalue weighted by Crippen LogP contribution is 2.37. The van der Waals surface area contributed by atoms with E-state index >= 15 is 0 Å². The van der Waals surface area contributed by atoms with Crippen LogP contribution in [0.25, 0.3) is 10.9 Å². The molecular formula is C28H27BClN9. The highest BCUT2D eigenvalue weighted by molar-refractivity contribution is 6.36. The molecule has 4 N–H and O–H groups in total. The summed E-state index contributed by atoms with van der Waals surface area (Å²) in [6.45, 7) is 7.02. The molecule has 0 saturated carbocycles. The molecule has 2 radical (unpaired) electrons. The number of fused-ring (bicyclic) bond motifs is 1. The molecule has 194 valence electrons. The van der Waals surface area contributed by atoms with Crippen LogP contribution in [-0.2, 0) is 5.44 Å². The molecular weight excluding hydrogens is 509 g/mol. The summed E-state index contributed by atoms with van der Waals surface area (Å²) in [6.07, 6.45) is 10.2. The van der Waals surface area contributed by atoms with Gasteiger partial charge < -0.3 is 16.1 Å². The molecule has 0 aliphatic carbocycles. The number of rotatable bonds is 7. The summed E-state index contributed by atoms with van der Waals surface area (Å²) < 4.78 is 0. The van der Waals surface area contributed by atoms with Gasteiger partial charge in [-0.05, 0) is 41.3 Å². The summed E-state index contributed by atoms with van der Waals surface area (Å²) in [5.41, 5.74) is 9.53. The molecule has 1 atom stereocenters. The van der Waals surface area contributed by atoms with Crippen LogP contribution in [-0.4, -0.2) is 29.3 Å². The molecule has 3 aromatic heterocycles. The van der Waals surface area contributed by atoms with E-state index in [-0.39, 0.29) is 5.41 Å². The number of nitrogens with zero attached hydrogens (tertiary/aromatic N) is 5. The first kappa shape index (κ1) is 26.3. The third-order valence-electron chi connectivity index (χ3n) is 6.22. The zero-order chi connectivity index (χ0) is 27.6. The predicted octanol–water partition coefficient (Wildman–Crippen LogP) is 4.81. The Morgan fingerprint density at radius 2 is 1.87 bits per heavy atom. The van der Waals surface area contributed by atoms with Gasteiger partial charge in [0.1, 0.15) is 13.9 Å². The standard InChI is InChI=1S/C28H27BClN9/c1-27(2,3)17-35-25-18(12-31)13-34-26-22(25)10-20(11-23(26)30)36-28(29,19-6-4-8-32-14-19)24-16-39(38-37-24)21-7-5-9-33-15-21/h4-11,13-16,36-38H,17H2,1-3H3,(H,34,35). The van der Waals surface area contributed by atoms with E-state index in [1.165, 1.54) is 0 Å². The van der Waals surface area contributed by atoms with Crippen LogP contribution < -0.4 is 26.6 Å².